The molecule has 0 bridgehead atoms. The van der Waals surface area contributed by atoms with Gasteiger partial charge in [0.15, 0.2) is 0 Å². The largest absolute Gasteiger partial charge is 0.444 e. The van der Waals surface area contributed by atoms with E-state index in [1.54, 1.807) is 4.90 Å². The lowest BCUT2D eigenvalue weighted by Crippen LogP contribution is -2.45. The number of amides is 2. The maximum absolute atomic E-state index is 13.0. The summed E-state index contributed by atoms with van der Waals surface area (Å²) in [7, 11) is 0. The second kappa shape index (κ2) is 6.47. The number of nitrogens with one attached hydrogen (secondary N) is 1. The fourth-order valence-corrected chi connectivity index (χ4v) is 4.46. The van der Waals surface area contributed by atoms with Gasteiger partial charge in [-0.05, 0) is 65.0 Å². The van der Waals surface area contributed by atoms with Crippen LogP contribution in [-0.4, -0.2) is 45.0 Å². The van der Waals surface area contributed by atoms with E-state index in [1.807, 2.05) is 70.5 Å². The summed E-state index contributed by atoms with van der Waals surface area (Å²) in [6.07, 6.45) is 3.54. The van der Waals surface area contributed by atoms with Crippen molar-refractivity contribution in [2.24, 2.45) is 17.8 Å². The molecule has 156 valence electrons. The molecule has 2 aliphatic rings. The van der Waals surface area contributed by atoms with Crippen LogP contribution in [-0.2, 0) is 15.1 Å². The van der Waals surface area contributed by atoms with Gasteiger partial charge in [0, 0.05) is 25.2 Å². The van der Waals surface area contributed by atoms with Gasteiger partial charge in [0.2, 0.25) is 5.91 Å². The van der Waals surface area contributed by atoms with Gasteiger partial charge in [0.25, 0.3) is 0 Å². The van der Waals surface area contributed by atoms with Crippen molar-refractivity contribution < 1.29 is 14.3 Å². The van der Waals surface area contributed by atoms with Crippen LogP contribution in [0.5, 0.6) is 0 Å². The minimum Gasteiger partial charge on any atom is -0.444 e. The average Bonchev–Trinajstić information content (AvgIpc) is 2.96. The lowest BCUT2D eigenvalue weighted by Gasteiger charge is -2.27. The highest BCUT2D eigenvalue weighted by molar-refractivity contribution is 5.84. The Labute approximate surface area is 171 Å². The smallest absolute Gasteiger partial charge is 0.410 e. The maximum atomic E-state index is 13.0. The first kappa shape index (κ1) is 19.7. The van der Waals surface area contributed by atoms with E-state index in [9.17, 15) is 9.59 Å². The van der Waals surface area contributed by atoms with Gasteiger partial charge >= 0.3 is 6.09 Å². The fraction of sp³-hybridized carbons (Fsp3) is 0.591. The molecule has 0 aromatic carbocycles. The van der Waals surface area contributed by atoms with Crippen LogP contribution in [0.15, 0.2) is 24.5 Å². The Morgan fingerprint density at radius 1 is 1.17 bits per heavy atom. The quantitative estimate of drug-likeness (QED) is 0.862. The fourth-order valence-electron chi connectivity index (χ4n) is 4.46. The summed E-state index contributed by atoms with van der Waals surface area (Å²) in [6, 6.07) is 4.04. The van der Waals surface area contributed by atoms with Crippen LogP contribution in [0.1, 0.15) is 46.0 Å². The van der Waals surface area contributed by atoms with Crippen molar-refractivity contribution in [3.05, 3.63) is 35.9 Å². The molecule has 2 amide bonds. The Kier molecular flexibility index (Phi) is 4.40. The van der Waals surface area contributed by atoms with Crippen molar-refractivity contribution >= 4 is 17.5 Å². The van der Waals surface area contributed by atoms with Gasteiger partial charge in [-0.25, -0.2) is 9.78 Å². The molecule has 1 saturated carbocycles. The van der Waals surface area contributed by atoms with Gasteiger partial charge in [0.05, 0.1) is 17.3 Å². The molecule has 1 saturated heterocycles. The van der Waals surface area contributed by atoms with Crippen LogP contribution in [0.3, 0.4) is 0 Å². The molecule has 1 N–H and O–H groups in total. The summed E-state index contributed by atoms with van der Waals surface area (Å²) >= 11 is 0. The number of aromatic nitrogens is 2. The molecule has 2 fully saturated rings. The number of imidazole rings is 1. The van der Waals surface area contributed by atoms with Crippen molar-refractivity contribution in [2.75, 3.05) is 13.1 Å². The Balaban J connectivity index is 1.40. The molecular weight excluding hydrogens is 368 g/mol. The minimum atomic E-state index is -0.598. The van der Waals surface area contributed by atoms with Gasteiger partial charge in [-0.1, -0.05) is 6.07 Å². The zero-order valence-electron chi connectivity index (χ0n) is 18.0. The molecule has 0 unspecified atom stereocenters. The summed E-state index contributed by atoms with van der Waals surface area (Å²) in [4.78, 5) is 31.5. The average molecular weight is 399 g/mol. The Morgan fingerprint density at radius 2 is 1.83 bits per heavy atom. The van der Waals surface area contributed by atoms with Crippen molar-refractivity contribution in [1.82, 2.24) is 19.6 Å². The standard InChI is InChI=1S/C22H30N4O3/c1-13-8-7-9-26-16(13)10-23-19(26)22(5,6)24-18(27)17-14-11-25(12-15(14)17)20(28)29-21(2,3)4/h7-10,14-15,17H,11-12H2,1-6H3,(H,24,27)/t14-,15+,17+. The number of likely N-dealkylation sites (tertiary alicyclic amines) is 1. The van der Waals surface area contributed by atoms with Crippen LogP contribution in [0, 0.1) is 24.7 Å². The van der Waals surface area contributed by atoms with Gasteiger partial charge in [-0.2, -0.15) is 0 Å². The molecule has 7 nitrogen and oxygen atoms in total. The number of carbonyl (C=O) groups excluding carboxylic acids is 2. The summed E-state index contributed by atoms with van der Waals surface area (Å²) in [5.41, 5.74) is 1.09. The number of aryl methyl sites for hydroxylation is 1. The highest BCUT2D eigenvalue weighted by Crippen LogP contribution is 2.52. The third kappa shape index (κ3) is 3.58. The number of hydrogen-bond donors (Lipinski definition) is 1. The van der Waals surface area contributed by atoms with E-state index in [0.29, 0.717) is 13.1 Å². The molecule has 1 aliphatic carbocycles. The molecular formula is C22H30N4O3. The third-order valence-electron chi connectivity index (χ3n) is 5.93. The molecule has 4 rings (SSSR count). The van der Waals surface area contributed by atoms with E-state index < -0.39 is 11.1 Å². The molecule has 0 spiro atoms. The molecule has 7 heteroatoms. The normalized spacial score (nSPS) is 23.8. The Hall–Kier alpha value is -2.57. The highest BCUT2D eigenvalue weighted by Gasteiger charge is 2.61. The topological polar surface area (TPSA) is 75.9 Å². The van der Waals surface area contributed by atoms with Crippen LogP contribution < -0.4 is 5.32 Å². The number of ether oxygens (including phenoxy) is 1. The molecule has 29 heavy (non-hydrogen) atoms. The molecule has 0 radical (unpaired) electrons. The third-order valence-corrected chi connectivity index (χ3v) is 5.93. The van der Waals surface area contributed by atoms with Gasteiger partial charge < -0.3 is 19.4 Å². The monoisotopic (exact) mass is 398 g/mol. The second-order valence-corrected chi connectivity index (χ2v) is 9.88. The van der Waals surface area contributed by atoms with E-state index >= 15 is 0 Å². The summed E-state index contributed by atoms with van der Waals surface area (Å²) in [5, 5.41) is 3.19. The SMILES string of the molecule is Cc1cccn2c(C(C)(C)NC(=O)[C@H]3[C@@H]4CN(C(=O)OC(C)(C)C)C[C@@H]43)ncc12. The zero-order valence-corrected chi connectivity index (χ0v) is 18.0. The lowest BCUT2D eigenvalue weighted by atomic mass is 10.0. The predicted molar refractivity (Wildman–Crippen MR) is 109 cm³/mol. The van der Waals surface area contributed by atoms with Crippen molar-refractivity contribution in [3.63, 3.8) is 0 Å². The molecule has 1 aliphatic heterocycles. The van der Waals surface area contributed by atoms with Crippen molar-refractivity contribution in [1.29, 1.82) is 0 Å². The molecule has 3 atom stereocenters. The molecule has 3 heterocycles. The van der Waals surface area contributed by atoms with Gasteiger partial charge in [-0.3, -0.25) is 4.79 Å². The number of pyridine rings is 1. The summed E-state index contributed by atoms with van der Waals surface area (Å²) in [5.74, 6) is 1.25. The molecule has 2 aromatic rings. The first-order chi connectivity index (χ1) is 13.5. The van der Waals surface area contributed by atoms with Crippen LogP contribution in [0.4, 0.5) is 4.79 Å². The van der Waals surface area contributed by atoms with E-state index in [2.05, 4.69) is 10.3 Å². The number of hydrogen-bond acceptors (Lipinski definition) is 4. The lowest BCUT2D eigenvalue weighted by molar-refractivity contribution is -0.125. The number of rotatable bonds is 3. The molecule has 2 aromatic heterocycles. The number of carbonyl (C=O) groups is 2. The van der Waals surface area contributed by atoms with E-state index in [4.69, 9.17) is 4.74 Å². The van der Waals surface area contributed by atoms with E-state index in [0.717, 1.165) is 16.9 Å². The number of nitrogens with zero attached hydrogens (tertiary/aromatic N) is 3. The number of fused-ring (bicyclic) bond motifs is 2. The number of piperidine rings is 1. The first-order valence-corrected chi connectivity index (χ1v) is 10.2. The van der Waals surface area contributed by atoms with Crippen molar-refractivity contribution in [2.45, 2.75) is 52.7 Å². The first-order valence-electron chi connectivity index (χ1n) is 10.2. The summed E-state index contributed by atoms with van der Waals surface area (Å²) < 4.78 is 7.48. The Bertz CT molecular complexity index is 960. The summed E-state index contributed by atoms with van der Waals surface area (Å²) in [6.45, 7) is 12.8. The van der Waals surface area contributed by atoms with Crippen LogP contribution >= 0.6 is 0 Å². The highest BCUT2D eigenvalue weighted by atomic mass is 16.6. The zero-order chi connectivity index (χ0) is 21.1. The van der Waals surface area contributed by atoms with Crippen LogP contribution in [0.2, 0.25) is 0 Å². The van der Waals surface area contributed by atoms with Gasteiger partial charge in [-0.15, -0.1) is 0 Å². The predicted octanol–water partition coefficient (Wildman–Crippen LogP) is 3.11. The van der Waals surface area contributed by atoms with E-state index in [-0.39, 0.29) is 29.8 Å². The second-order valence-electron chi connectivity index (χ2n) is 9.88. The Morgan fingerprint density at radius 3 is 2.45 bits per heavy atom. The van der Waals surface area contributed by atoms with Gasteiger partial charge in [0.1, 0.15) is 11.4 Å². The van der Waals surface area contributed by atoms with Crippen LogP contribution in [0.25, 0.3) is 5.52 Å². The minimum absolute atomic E-state index is 0.0400. The van der Waals surface area contributed by atoms with Crippen molar-refractivity contribution in [3.8, 4) is 0 Å². The van der Waals surface area contributed by atoms with E-state index in [1.165, 1.54) is 0 Å². The maximum Gasteiger partial charge on any atom is 0.410 e.